The molecule has 4 nitrogen and oxygen atoms in total. The van der Waals surface area contributed by atoms with Gasteiger partial charge in [0.2, 0.25) is 0 Å². The molecule has 0 aromatic heterocycles. The predicted octanol–water partition coefficient (Wildman–Crippen LogP) is 4.59. The smallest absolute Gasteiger partial charge is 0.292 e. The number of halogens is 1. The summed E-state index contributed by atoms with van der Waals surface area (Å²) in [6.45, 7) is 6.40. The standard InChI is InChI=1S/C13H19BrN2O2/c1-9(2)4-5-10(3)15-12-8-11(14)6-7-13(12)16(17)18/h6-10,15H,4-5H2,1-3H3. The van der Waals surface area contributed by atoms with Crippen LogP contribution in [0, 0.1) is 16.0 Å². The number of nitro groups is 1. The van der Waals surface area contributed by atoms with Crippen molar-refractivity contribution in [1.29, 1.82) is 0 Å². The van der Waals surface area contributed by atoms with E-state index < -0.39 is 0 Å². The fourth-order valence-electron chi connectivity index (χ4n) is 1.70. The number of anilines is 1. The molecule has 1 N–H and O–H groups in total. The van der Waals surface area contributed by atoms with Crippen molar-refractivity contribution < 1.29 is 4.92 Å². The number of rotatable bonds is 6. The Morgan fingerprint density at radius 3 is 2.56 bits per heavy atom. The van der Waals surface area contributed by atoms with Crippen LogP contribution < -0.4 is 5.32 Å². The first-order valence-electron chi connectivity index (χ1n) is 6.10. The first kappa shape index (κ1) is 15.0. The minimum atomic E-state index is -0.357. The van der Waals surface area contributed by atoms with Gasteiger partial charge in [-0.05, 0) is 37.8 Å². The molecule has 0 heterocycles. The molecule has 5 heteroatoms. The number of nitro benzene ring substituents is 1. The lowest BCUT2D eigenvalue weighted by molar-refractivity contribution is -0.384. The summed E-state index contributed by atoms with van der Waals surface area (Å²) < 4.78 is 0.839. The van der Waals surface area contributed by atoms with Crippen molar-refractivity contribution >= 4 is 27.3 Å². The molecule has 1 aromatic carbocycles. The summed E-state index contributed by atoms with van der Waals surface area (Å²) in [6.07, 6.45) is 2.11. The van der Waals surface area contributed by atoms with Crippen molar-refractivity contribution in [3.63, 3.8) is 0 Å². The van der Waals surface area contributed by atoms with Gasteiger partial charge in [0.1, 0.15) is 5.69 Å². The lowest BCUT2D eigenvalue weighted by Crippen LogP contribution is -2.16. The monoisotopic (exact) mass is 314 g/mol. The molecule has 1 rings (SSSR count). The zero-order chi connectivity index (χ0) is 13.7. The van der Waals surface area contributed by atoms with E-state index in [1.165, 1.54) is 6.07 Å². The average Bonchev–Trinajstić information content (AvgIpc) is 2.26. The lowest BCUT2D eigenvalue weighted by atomic mass is 10.0. The SMILES string of the molecule is CC(C)CCC(C)Nc1cc(Br)ccc1[N+](=O)[O-]. The van der Waals surface area contributed by atoms with Gasteiger partial charge in [-0.15, -0.1) is 0 Å². The van der Waals surface area contributed by atoms with E-state index in [0.29, 0.717) is 11.6 Å². The molecule has 0 aliphatic carbocycles. The molecule has 0 saturated heterocycles. The van der Waals surface area contributed by atoms with Crippen LogP contribution in [0.15, 0.2) is 22.7 Å². The molecule has 0 saturated carbocycles. The van der Waals surface area contributed by atoms with Gasteiger partial charge in [0.15, 0.2) is 0 Å². The Morgan fingerprint density at radius 1 is 1.33 bits per heavy atom. The first-order valence-corrected chi connectivity index (χ1v) is 6.90. The van der Waals surface area contributed by atoms with E-state index in [1.807, 2.05) is 6.92 Å². The van der Waals surface area contributed by atoms with Crippen molar-refractivity contribution in [1.82, 2.24) is 0 Å². The fourth-order valence-corrected chi connectivity index (χ4v) is 2.07. The Kier molecular flexibility index (Phi) is 5.59. The van der Waals surface area contributed by atoms with E-state index in [4.69, 9.17) is 0 Å². The summed E-state index contributed by atoms with van der Waals surface area (Å²) in [4.78, 5) is 10.6. The second-order valence-corrected chi connectivity index (χ2v) is 5.85. The third-order valence-electron chi connectivity index (χ3n) is 2.73. The summed E-state index contributed by atoms with van der Waals surface area (Å²) in [5, 5.41) is 14.1. The molecule has 100 valence electrons. The highest BCUT2D eigenvalue weighted by atomic mass is 79.9. The third-order valence-corrected chi connectivity index (χ3v) is 3.23. The molecule has 1 aromatic rings. The number of hydrogen-bond acceptors (Lipinski definition) is 3. The van der Waals surface area contributed by atoms with E-state index >= 15 is 0 Å². The van der Waals surface area contributed by atoms with Gasteiger partial charge in [-0.1, -0.05) is 29.8 Å². The van der Waals surface area contributed by atoms with E-state index in [2.05, 4.69) is 35.1 Å². The number of benzene rings is 1. The molecule has 0 radical (unpaired) electrons. The third kappa shape index (κ3) is 4.64. The quantitative estimate of drug-likeness (QED) is 0.617. The van der Waals surface area contributed by atoms with Gasteiger partial charge < -0.3 is 5.32 Å². The molecule has 0 spiro atoms. The average molecular weight is 315 g/mol. The van der Waals surface area contributed by atoms with Crippen LogP contribution >= 0.6 is 15.9 Å². The minimum absolute atomic E-state index is 0.120. The van der Waals surface area contributed by atoms with Crippen LogP contribution in [-0.4, -0.2) is 11.0 Å². The van der Waals surface area contributed by atoms with Gasteiger partial charge in [-0.2, -0.15) is 0 Å². The topological polar surface area (TPSA) is 55.2 Å². The Labute approximate surface area is 116 Å². The lowest BCUT2D eigenvalue weighted by Gasteiger charge is -2.16. The minimum Gasteiger partial charge on any atom is -0.377 e. The van der Waals surface area contributed by atoms with Crippen LogP contribution in [0.25, 0.3) is 0 Å². The largest absolute Gasteiger partial charge is 0.377 e. The highest BCUT2D eigenvalue weighted by molar-refractivity contribution is 9.10. The fraction of sp³-hybridized carbons (Fsp3) is 0.538. The number of hydrogen-bond donors (Lipinski definition) is 1. The van der Waals surface area contributed by atoms with Crippen molar-refractivity contribution in [2.75, 3.05) is 5.32 Å². The summed E-state index contributed by atoms with van der Waals surface area (Å²) in [7, 11) is 0. The molecule has 0 aliphatic heterocycles. The van der Waals surface area contributed by atoms with E-state index in [1.54, 1.807) is 12.1 Å². The zero-order valence-corrected chi connectivity index (χ0v) is 12.5. The highest BCUT2D eigenvalue weighted by Gasteiger charge is 2.15. The summed E-state index contributed by atoms with van der Waals surface area (Å²) >= 11 is 3.33. The van der Waals surface area contributed by atoms with Crippen LogP contribution in [0.3, 0.4) is 0 Å². The second kappa shape index (κ2) is 6.73. The Morgan fingerprint density at radius 2 is 2.00 bits per heavy atom. The molecule has 0 amide bonds. The molecular formula is C13H19BrN2O2. The molecule has 0 bridgehead atoms. The number of nitrogens with one attached hydrogen (secondary N) is 1. The van der Waals surface area contributed by atoms with Gasteiger partial charge in [-0.25, -0.2) is 0 Å². The maximum atomic E-state index is 10.9. The normalized spacial score (nSPS) is 12.5. The Bertz CT molecular complexity index is 421. The molecule has 0 fully saturated rings. The molecule has 1 unspecified atom stereocenters. The maximum absolute atomic E-state index is 10.9. The van der Waals surface area contributed by atoms with E-state index in [0.717, 1.165) is 17.3 Å². The van der Waals surface area contributed by atoms with Gasteiger partial charge in [0, 0.05) is 16.6 Å². The second-order valence-electron chi connectivity index (χ2n) is 4.94. The molecular weight excluding hydrogens is 296 g/mol. The van der Waals surface area contributed by atoms with Crippen LogP contribution in [0.5, 0.6) is 0 Å². The molecule has 0 aliphatic rings. The van der Waals surface area contributed by atoms with Crippen molar-refractivity contribution in [2.24, 2.45) is 5.92 Å². The van der Waals surface area contributed by atoms with Crippen LogP contribution in [0.4, 0.5) is 11.4 Å². The highest BCUT2D eigenvalue weighted by Crippen LogP contribution is 2.28. The van der Waals surface area contributed by atoms with Gasteiger partial charge in [0.05, 0.1) is 4.92 Å². The molecule has 18 heavy (non-hydrogen) atoms. The summed E-state index contributed by atoms with van der Waals surface area (Å²) in [5.41, 5.74) is 0.695. The van der Waals surface area contributed by atoms with Crippen LogP contribution in [0.2, 0.25) is 0 Å². The van der Waals surface area contributed by atoms with E-state index in [-0.39, 0.29) is 16.7 Å². The van der Waals surface area contributed by atoms with Gasteiger partial charge in [-0.3, -0.25) is 10.1 Å². The van der Waals surface area contributed by atoms with E-state index in [9.17, 15) is 10.1 Å². The maximum Gasteiger partial charge on any atom is 0.292 e. The van der Waals surface area contributed by atoms with Crippen molar-refractivity contribution in [3.8, 4) is 0 Å². The summed E-state index contributed by atoms with van der Waals surface area (Å²) in [5.74, 6) is 0.645. The predicted molar refractivity (Wildman–Crippen MR) is 78.0 cm³/mol. The van der Waals surface area contributed by atoms with Crippen LogP contribution in [-0.2, 0) is 0 Å². The Balaban J connectivity index is 2.76. The zero-order valence-electron chi connectivity index (χ0n) is 10.9. The summed E-state index contributed by atoms with van der Waals surface area (Å²) in [6, 6.07) is 5.17. The van der Waals surface area contributed by atoms with Crippen LogP contribution in [0.1, 0.15) is 33.6 Å². The number of nitrogens with zero attached hydrogens (tertiary/aromatic N) is 1. The Hall–Kier alpha value is -1.10. The first-order chi connectivity index (χ1) is 8.40. The van der Waals surface area contributed by atoms with Crippen molar-refractivity contribution in [2.45, 2.75) is 39.7 Å². The van der Waals surface area contributed by atoms with Gasteiger partial charge >= 0.3 is 0 Å². The molecule has 1 atom stereocenters. The van der Waals surface area contributed by atoms with Crippen molar-refractivity contribution in [3.05, 3.63) is 32.8 Å². The van der Waals surface area contributed by atoms with Gasteiger partial charge in [0.25, 0.3) is 5.69 Å².